The molecule has 4 heteroatoms. The van der Waals surface area contributed by atoms with E-state index in [9.17, 15) is 4.39 Å². The fraction of sp³-hybridized carbons (Fsp3) is 1.00. The summed E-state index contributed by atoms with van der Waals surface area (Å²) in [6, 6.07) is 0. The molecule has 0 spiro atoms. The smallest absolute Gasteiger partial charge is 0.155 e. The SMILES string of the molecule is COCN1CCC[C@@H]1F.Cl. The first-order chi connectivity index (χ1) is 4.34. The first-order valence-corrected chi connectivity index (χ1v) is 3.21. The van der Waals surface area contributed by atoms with Crippen molar-refractivity contribution in [3.8, 4) is 0 Å². The lowest BCUT2D eigenvalue weighted by molar-refractivity contribution is 0.0115. The standard InChI is InChI=1S/C6H12FNO.ClH/c1-9-5-8-4-2-3-6(8)7;/h6H,2-5H2,1H3;1H/t6-;/m1./s1. The highest BCUT2D eigenvalue weighted by Crippen LogP contribution is 2.16. The lowest BCUT2D eigenvalue weighted by Gasteiger charge is -2.15. The van der Waals surface area contributed by atoms with Crippen LogP contribution in [0.1, 0.15) is 12.8 Å². The van der Waals surface area contributed by atoms with E-state index in [1.165, 1.54) is 0 Å². The van der Waals surface area contributed by atoms with Crippen LogP contribution < -0.4 is 0 Å². The molecule has 2 nitrogen and oxygen atoms in total. The first kappa shape index (κ1) is 10.1. The van der Waals surface area contributed by atoms with Crippen LogP contribution in [0, 0.1) is 0 Å². The van der Waals surface area contributed by atoms with Gasteiger partial charge in [-0.05, 0) is 12.8 Å². The van der Waals surface area contributed by atoms with Gasteiger partial charge in [0.1, 0.15) is 6.73 Å². The molecule has 1 aliphatic heterocycles. The van der Waals surface area contributed by atoms with E-state index in [0.29, 0.717) is 13.2 Å². The van der Waals surface area contributed by atoms with Crippen molar-refractivity contribution in [1.29, 1.82) is 0 Å². The molecular weight excluding hydrogens is 157 g/mol. The van der Waals surface area contributed by atoms with Gasteiger partial charge in [0.2, 0.25) is 0 Å². The van der Waals surface area contributed by atoms with Crippen molar-refractivity contribution >= 4 is 12.4 Å². The fourth-order valence-electron chi connectivity index (χ4n) is 1.10. The number of ether oxygens (including phenoxy) is 1. The molecule has 1 heterocycles. The number of likely N-dealkylation sites (tertiary alicyclic amines) is 1. The Labute approximate surface area is 66.8 Å². The van der Waals surface area contributed by atoms with E-state index in [1.807, 2.05) is 0 Å². The number of methoxy groups -OCH3 is 1. The molecule has 0 aromatic rings. The quantitative estimate of drug-likeness (QED) is 0.580. The number of hydrogen-bond donors (Lipinski definition) is 0. The van der Waals surface area contributed by atoms with Gasteiger partial charge >= 0.3 is 0 Å². The number of hydrogen-bond acceptors (Lipinski definition) is 2. The minimum Gasteiger partial charge on any atom is -0.369 e. The minimum atomic E-state index is -0.759. The molecule has 1 atom stereocenters. The van der Waals surface area contributed by atoms with Crippen LogP contribution >= 0.6 is 12.4 Å². The Morgan fingerprint density at radius 2 is 2.40 bits per heavy atom. The average molecular weight is 170 g/mol. The molecular formula is C6H13ClFNO. The van der Waals surface area contributed by atoms with Gasteiger partial charge in [0.25, 0.3) is 0 Å². The normalized spacial score (nSPS) is 26.4. The molecule has 1 fully saturated rings. The van der Waals surface area contributed by atoms with Gasteiger partial charge in [-0.15, -0.1) is 12.4 Å². The van der Waals surface area contributed by atoms with E-state index in [-0.39, 0.29) is 12.4 Å². The molecule has 10 heavy (non-hydrogen) atoms. The molecule has 1 rings (SSSR count). The topological polar surface area (TPSA) is 12.5 Å². The Morgan fingerprint density at radius 3 is 2.80 bits per heavy atom. The number of rotatable bonds is 2. The van der Waals surface area contributed by atoms with Gasteiger partial charge in [0.05, 0.1) is 0 Å². The molecule has 0 radical (unpaired) electrons. The molecule has 0 saturated carbocycles. The van der Waals surface area contributed by atoms with Gasteiger partial charge in [-0.2, -0.15) is 0 Å². The zero-order valence-corrected chi connectivity index (χ0v) is 6.86. The minimum absolute atomic E-state index is 0. The predicted octanol–water partition coefficient (Wildman–Crippen LogP) is 1.40. The van der Waals surface area contributed by atoms with E-state index in [0.717, 1.165) is 13.0 Å². The van der Waals surface area contributed by atoms with E-state index in [1.54, 1.807) is 12.0 Å². The van der Waals surface area contributed by atoms with Gasteiger partial charge in [0, 0.05) is 13.7 Å². The Hall–Kier alpha value is 0.140. The highest BCUT2D eigenvalue weighted by molar-refractivity contribution is 5.85. The Morgan fingerprint density at radius 1 is 1.70 bits per heavy atom. The van der Waals surface area contributed by atoms with Crippen LogP contribution in [0.3, 0.4) is 0 Å². The van der Waals surface area contributed by atoms with Crippen molar-refractivity contribution in [1.82, 2.24) is 4.90 Å². The first-order valence-electron chi connectivity index (χ1n) is 3.21. The summed E-state index contributed by atoms with van der Waals surface area (Å²) in [7, 11) is 1.59. The highest BCUT2D eigenvalue weighted by Gasteiger charge is 2.22. The number of nitrogens with zero attached hydrogens (tertiary/aromatic N) is 1. The highest BCUT2D eigenvalue weighted by atomic mass is 35.5. The number of alkyl halides is 1. The summed E-state index contributed by atoms with van der Waals surface area (Å²) in [5.41, 5.74) is 0. The lowest BCUT2D eigenvalue weighted by atomic mass is 10.4. The van der Waals surface area contributed by atoms with E-state index in [4.69, 9.17) is 4.74 Å². The second kappa shape index (κ2) is 4.88. The van der Waals surface area contributed by atoms with Gasteiger partial charge in [0.15, 0.2) is 6.30 Å². The third-order valence-electron chi connectivity index (χ3n) is 1.58. The van der Waals surface area contributed by atoms with Crippen LogP contribution in [-0.2, 0) is 4.74 Å². The molecule has 0 unspecified atom stereocenters. The summed E-state index contributed by atoms with van der Waals surface area (Å²) in [5, 5.41) is 0. The summed E-state index contributed by atoms with van der Waals surface area (Å²) in [5.74, 6) is 0. The van der Waals surface area contributed by atoms with Crippen LogP contribution in [-0.4, -0.2) is 31.6 Å². The second-order valence-electron chi connectivity index (χ2n) is 2.31. The summed E-state index contributed by atoms with van der Waals surface area (Å²) in [4.78, 5) is 1.69. The van der Waals surface area contributed by atoms with Crippen LogP contribution in [0.25, 0.3) is 0 Å². The van der Waals surface area contributed by atoms with E-state index in [2.05, 4.69) is 0 Å². The van der Waals surface area contributed by atoms with Crippen molar-refractivity contribution in [3.05, 3.63) is 0 Å². The average Bonchev–Trinajstić information content (AvgIpc) is 2.18. The molecule has 0 amide bonds. The molecule has 1 aliphatic rings. The van der Waals surface area contributed by atoms with E-state index < -0.39 is 6.30 Å². The van der Waals surface area contributed by atoms with Crippen molar-refractivity contribution in [2.24, 2.45) is 0 Å². The zero-order chi connectivity index (χ0) is 6.69. The largest absolute Gasteiger partial charge is 0.369 e. The van der Waals surface area contributed by atoms with Crippen LogP contribution in [0.4, 0.5) is 4.39 Å². The fourth-order valence-corrected chi connectivity index (χ4v) is 1.10. The van der Waals surface area contributed by atoms with Crippen molar-refractivity contribution < 1.29 is 9.13 Å². The van der Waals surface area contributed by atoms with Crippen molar-refractivity contribution in [3.63, 3.8) is 0 Å². The third kappa shape index (κ3) is 2.40. The van der Waals surface area contributed by atoms with Crippen molar-refractivity contribution in [2.75, 3.05) is 20.4 Å². The van der Waals surface area contributed by atoms with Gasteiger partial charge in [-0.3, -0.25) is 4.90 Å². The van der Waals surface area contributed by atoms with Crippen LogP contribution in [0.2, 0.25) is 0 Å². The predicted molar refractivity (Wildman–Crippen MR) is 40.0 cm³/mol. The Bertz CT molecular complexity index is 93.8. The maximum Gasteiger partial charge on any atom is 0.155 e. The van der Waals surface area contributed by atoms with Gasteiger partial charge in [-0.25, -0.2) is 4.39 Å². The molecule has 0 N–H and O–H groups in total. The summed E-state index contributed by atoms with van der Waals surface area (Å²) < 4.78 is 17.4. The third-order valence-corrected chi connectivity index (χ3v) is 1.58. The molecule has 1 saturated heterocycles. The van der Waals surface area contributed by atoms with Gasteiger partial charge < -0.3 is 4.74 Å². The molecule has 0 bridgehead atoms. The Kier molecular flexibility index (Phi) is 4.95. The van der Waals surface area contributed by atoms with Crippen molar-refractivity contribution in [2.45, 2.75) is 19.1 Å². The summed E-state index contributed by atoms with van der Waals surface area (Å²) in [6.07, 6.45) is 0.874. The lowest BCUT2D eigenvalue weighted by Crippen LogP contribution is -2.27. The molecule has 0 aromatic heterocycles. The summed E-state index contributed by atoms with van der Waals surface area (Å²) in [6.45, 7) is 1.27. The maximum absolute atomic E-state index is 12.6. The zero-order valence-electron chi connectivity index (χ0n) is 6.05. The molecule has 0 aromatic carbocycles. The van der Waals surface area contributed by atoms with Crippen LogP contribution in [0.5, 0.6) is 0 Å². The molecule has 62 valence electrons. The van der Waals surface area contributed by atoms with E-state index >= 15 is 0 Å². The second-order valence-corrected chi connectivity index (χ2v) is 2.31. The number of halogens is 2. The maximum atomic E-state index is 12.6. The van der Waals surface area contributed by atoms with Crippen LogP contribution in [0.15, 0.2) is 0 Å². The monoisotopic (exact) mass is 169 g/mol. The summed E-state index contributed by atoms with van der Waals surface area (Å²) >= 11 is 0. The Balaban J connectivity index is 0.000000810. The van der Waals surface area contributed by atoms with Gasteiger partial charge in [-0.1, -0.05) is 0 Å². The molecule has 0 aliphatic carbocycles.